The van der Waals surface area contributed by atoms with Crippen molar-refractivity contribution in [2.45, 2.75) is 26.9 Å². The Labute approximate surface area is 188 Å². The Kier molecular flexibility index (Phi) is 5.22. The van der Waals surface area contributed by atoms with E-state index >= 15 is 0 Å². The van der Waals surface area contributed by atoms with Gasteiger partial charge in [-0.1, -0.05) is 48.5 Å². The third kappa shape index (κ3) is 3.56. The van der Waals surface area contributed by atoms with E-state index in [0.29, 0.717) is 24.7 Å². The first-order chi connectivity index (χ1) is 15.5. The van der Waals surface area contributed by atoms with Gasteiger partial charge < -0.3 is 14.2 Å². The van der Waals surface area contributed by atoms with Crippen LogP contribution in [0.2, 0.25) is 0 Å². The van der Waals surface area contributed by atoms with Gasteiger partial charge in [0.05, 0.1) is 19.3 Å². The molecule has 0 N–H and O–H groups in total. The number of benzene rings is 3. The number of esters is 1. The van der Waals surface area contributed by atoms with Crippen LogP contribution in [0.1, 0.15) is 33.4 Å². The van der Waals surface area contributed by atoms with Gasteiger partial charge in [-0.3, -0.25) is 0 Å². The molecule has 0 radical (unpaired) electrons. The Morgan fingerprint density at radius 3 is 2.53 bits per heavy atom. The van der Waals surface area contributed by atoms with Gasteiger partial charge in [0.15, 0.2) is 11.5 Å². The molecule has 0 bridgehead atoms. The van der Waals surface area contributed by atoms with Crippen LogP contribution in [0.15, 0.2) is 66.2 Å². The van der Waals surface area contributed by atoms with Gasteiger partial charge in [0.2, 0.25) is 0 Å². The summed E-state index contributed by atoms with van der Waals surface area (Å²) in [6.07, 6.45) is 0.830. The summed E-state index contributed by atoms with van der Waals surface area (Å²) in [5, 5.41) is 0. The highest BCUT2D eigenvalue weighted by Crippen LogP contribution is 2.44. The molecule has 3 aromatic carbocycles. The number of ether oxygens (including phenoxy) is 3. The monoisotopic (exact) mass is 426 g/mol. The minimum Gasteiger partial charge on any atom is -0.493 e. The number of cyclic esters (lactones) is 1. The minimum absolute atomic E-state index is 0.0899. The van der Waals surface area contributed by atoms with Crippen molar-refractivity contribution in [3.05, 3.63) is 99.6 Å². The highest BCUT2D eigenvalue weighted by molar-refractivity contribution is 6.05. The second-order valence-electron chi connectivity index (χ2n) is 8.52. The average molecular weight is 427 g/mol. The molecule has 162 valence electrons. The van der Waals surface area contributed by atoms with Crippen LogP contribution in [0.3, 0.4) is 0 Å². The summed E-state index contributed by atoms with van der Waals surface area (Å²) < 4.78 is 17.2. The number of hydrogen-bond donors (Lipinski definition) is 0. The summed E-state index contributed by atoms with van der Waals surface area (Å²) in [6.45, 7) is 5.14. The van der Waals surface area contributed by atoms with Gasteiger partial charge in [0.1, 0.15) is 6.61 Å². The molecular formula is C28H26O4. The molecule has 1 aliphatic heterocycles. The number of carbonyl (C=O) groups excluding carboxylic acids is 1. The lowest BCUT2D eigenvalue weighted by Crippen LogP contribution is -2.17. The molecule has 1 fully saturated rings. The molecule has 4 heteroatoms. The van der Waals surface area contributed by atoms with Gasteiger partial charge in [-0.2, -0.15) is 0 Å². The lowest BCUT2D eigenvalue weighted by atomic mass is 9.76. The molecule has 5 rings (SSSR count). The maximum Gasteiger partial charge on any atom is 0.335 e. The number of rotatable bonds is 5. The molecule has 0 amide bonds. The second-order valence-corrected chi connectivity index (χ2v) is 8.52. The van der Waals surface area contributed by atoms with Crippen molar-refractivity contribution in [2.75, 3.05) is 13.7 Å². The highest BCUT2D eigenvalue weighted by atomic mass is 16.5. The number of carbonyl (C=O) groups is 1. The van der Waals surface area contributed by atoms with Crippen molar-refractivity contribution in [2.24, 2.45) is 5.92 Å². The third-order valence-electron chi connectivity index (χ3n) is 6.46. The lowest BCUT2D eigenvalue weighted by Gasteiger charge is -2.26. The van der Waals surface area contributed by atoms with Crippen LogP contribution >= 0.6 is 0 Å². The minimum atomic E-state index is -0.211. The molecule has 32 heavy (non-hydrogen) atoms. The number of hydrogen-bond acceptors (Lipinski definition) is 4. The summed E-state index contributed by atoms with van der Waals surface area (Å²) in [7, 11) is 1.64. The molecule has 2 aliphatic rings. The van der Waals surface area contributed by atoms with Gasteiger partial charge >= 0.3 is 5.97 Å². The predicted octanol–water partition coefficient (Wildman–Crippen LogP) is 5.42. The lowest BCUT2D eigenvalue weighted by molar-refractivity contribution is -0.135. The summed E-state index contributed by atoms with van der Waals surface area (Å²) >= 11 is 0. The van der Waals surface area contributed by atoms with E-state index in [9.17, 15) is 4.79 Å². The topological polar surface area (TPSA) is 44.8 Å². The Bertz CT molecular complexity index is 1220. The standard InChI is InChI=1S/C28H26O4/c1-17-11-21-13-22-16-32-28(29)27(22)26(23(21)12-18(17)2)20-9-10-24(25(14-20)30-3)31-15-19-7-5-4-6-8-19/h4-12,14,22H,13,15-16H2,1-3H3/t22-/m1/s1. The zero-order valence-corrected chi connectivity index (χ0v) is 18.6. The van der Waals surface area contributed by atoms with Crippen molar-refractivity contribution in [3.8, 4) is 11.5 Å². The van der Waals surface area contributed by atoms with Gasteiger partial charge in [-0.25, -0.2) is 4.79 Å². The molecule has 0 saturated carbocycles. The first-order valence-electron chi connectivity index (χ1n) is 10.9. The van der Waals surface area contributed by atoms with E-state index in [1.807, 2.05) is 48.5 Å². The maximum atomic E-state index is 12.7. The molecule has 0 spiro atoms. The first-order valence-corrected chi connectivity index (χ1v) is 10.9. The van der Waals surface area contributed by atoms with E-state index in [4.69, 9.17) is 14.2 Å². The Hall–Kier alpha value is -3.53. The summed E-state index contributed by atoms with van der Waals surface area (Å²) in [5.74, 6) is 1.20. The molecule has 1 aliphatic carbocycles. The predicted molar refractivity (Wildman–Crippen MR) is 124 cm³/mol. The average Bonchev–Trinajstić information content (AvgIpc) is 3.18. The first kappa shape index (κ1) is 20.4. The van der Waals surface area contributed by atoms with E-state index in [1.54, 1.807) is 7.11 Å². The number of methoxy groups -OCH3 is 1. The quantitative estimate of drug-likeness (QED) is 0.511. The SMILES string of the molecule is COc1cc(C2=C3C(=O)OC[C@H]3Cc3cc(C)c(C)cc32)ccc1OCc1ccccc1. The summed E-state index contributed by atoms with van der Waals surface area (Å²) in [4.78, 5) is 12.7. The van der Waals surface area contributed by atoms with E-state index in [0.717, 1.165) is 34.3 Å². The fourth-order valence-corrected chi connectivity index (χ4v) is 4.65. The maximum absolute atomic E-state index is 12.7. The third-order valence-corrected chi connectivity index (χ3v) is 6.46. The van der Waals surface area contributed by atoms with E-state index in [1.165, 1.54) is 16.7 Å². The second kappa shape index (κ2) is 8.19. The van der Waals surface area contributed by atoms with Crippen LogP contribution in [0.4, 0.5) is 0 Å². The zero-order chi connectivity index (χ0) is 22.2. The highest BCUT2D eigenvalue weighted by Gasteiger charge is 2.38. The fourth-order valence-electron chi connectivity index (χ4n) is 4.65. The Morgan fingerprint density at radius 1 is 0.969 bits per heavy atom. The number of aryl methyl sites for hydroxylation is 2. The van der Waals surface area contributed by atoms with Gasteiger partial charge in [0, 0.05) is 11.5 Å². The molecule has 4 nitrogen and oxygen atoms in total. The van der Waals surface area contributed by atoms with Crippen LogP contribution in [0.25, 0.3) is 5.57 Å². The molecule has 3 aromatic rings. The van der Waals surface area contributed by atoms with Crippen LogP contribution in [-0.4, -0.2) is 19.7 Å². The van der Waals surface area contributed by atoms with E-state index in [2.05, 4.69) is 26.0 Å². The molecule has 1 atom stereocenters. The molecule has 1 saturated heterocycles. The Balaban J connectivity index is 1.57. The normalized spacial score (nSPS) is 17.0. The van der Waals surface area contributed by atoms with Crippen molar-refractivity contribution >= 4 is 11.5 Å². The van der Waals surface area contributed by atoms with Crippen LogP contribution in [-0.2, 0) is 22.6 Å². The smallest absolute Gasteiger partial charge is 0.335 e. The van der Waals surface area contributed by atoms with Crippen LogP contribution < -0.4 is 9.47 Å². The molecule has 0 aromatic heterocycles. The van der Waals surface area contributed by atoms with E-state index in [-0.39, 0.29) is 11.9 Å². The van der Waals surface area contributed by atoms with Crippen LogP contribution in [0.5, 0.6) is 11.5 Å². The van der Waals surface area contributed by atoms with Crippen molar-refractivity contribution in [3.63, 3.8) is 0 Å². The van der Waals surface area contributed by atoms with Gasteiger partial charge in [0.25, 0.3) is 0 Å². The zero-order valence-electron chi connectivity index (χ0n) is 18.6. The van der Waals surface area contributed by atoms with Gasteiger partial charge in [-0.15, -0.1) is 0 Å². The number of fused-ring (bicyclic) bond motifs is 2. The van der Waals surface area contributed by atoms with E-state index < -0.39 is 0 Å². The van der Waals surface area contributed by atoms with Crippen LogP contribution in [0, 0.1) is 19.8 Å². The summed E-state index contributed by atoms with van der Waals surface area (Å²) in [6, 6.07) is 20.4. The summed E-state index contributed by atoms with van der Waals surface area (Å²) in [5.41, 5.74) is 8.61. The van der Waals surface area contributed by atoms with Crippen molar-refractivity contribution < 1.29 is 19.0 Å². The molecule has 0 unspecified atom stereocenters. The van der Waals surface area contributed by atoms with Crippen molar-refractivity contribution in [1.82, 2.24) is 0 Å². The molecular weight excluding hydrogens is 400 g/mol. The van der Waals surface area contributed by atoms with Crippen molar-refractivity contribution in [1.29, 1.82) is 0 Å². The fraction of sp³-hybridized carbons (Fsp3) is 0.250. The molecule has 1 heterocycles. The van der Waals surface area contributed by atoms with Gasteiger partial charge in [-0.05, 0) is 65.8 Å². The largest absolute Gasteiger partial charge is 0.493 e. The Morgan fingerprint density at radius 2 is 1.75 bits per heavy atom.